The van der Waals surface area contributed by atoms with Crippen LogP contribution in [-0.2, 0) is 6.18 Å². The Labute approximate surface area is 121 Å². The molecule has 0 aliphatic heterocycles. The van der Waals surface area contributed by atoms with Crippen LogP contribution in [0.15, 0.2) is 58.1 Å². The molecule has 0 radical (unpaired) electrons. The van der Waals surface area contributed by atoms with E-state index in [1.165, 1.54) is 0 Å². The van der Waals surface area contributed by atoms with E-state index in [-0.39, 0.29) is 10.9 Å². The van der Waals surface area contributed by atoms with Crippen molar-refractivity contribution in [3.63, 3.8) is 0 Å². The molecule has 0 saturated heterocycles. The number of rotatable bonds is 1. The maximum absolute atomic E-state index is 12.7. The molecule has 4 nitrogen and oxygen atoms in total. The fourth-order valence-corrected chi connectivity index (χ4v) is 2.21. The zero-order valence-corrected chi connectivity index (χ0v) is 11.0. The third-order valence-electron chi connectivity index (χ3n) is 3.24. The van der Waals surface area contributed by atoms with Crippen LogP contribution in [0.25, 0.3) is 16.6 Å². The molecule has 0 aliphatic carbocycles. The zero-order chi connectivity index (χ0) is 15.9. The number of nitrogens with one attached hydrogen (secondary N) is 1. The first kappa shape index (κ1) is 14.1. The minimum Gasteiger partial charge on any atom is -0.306 e. The van der Waals surface area contributed by atoms with E-state index < -0.39 is 23.0 Å². The van der Waals surface area contributed by atoms with E-state index in [1.54, 1.807) is 30.3 Å². The summed E-state index contributed by atoms with van der Waals surface area (Å²) in [5, 5.41) is 0.0106. The van der Waals surface area contributed by atoms with Crippen molar-refractivity contribution in [3.05, 3.63) is 74.9 Å². The molecule has 0 atom stereocenters. The molecule has 0 fully saturated rings. The van der Waals surface area contributed by atoms with Crippen LogP contribution in [0.2, 0.25) is 0 Å². The maximum Gasteiger partial charge on any atom is 0.416 e. The molecule has 0 spiro atoms. The van der Waals surface area contributed by atoms with E-state index in [0.717, 1.165) is 22.8 Å². The highest BCUT2D eigenvalue weighted by Gasteiger charge is 2.30. The van der Waals surface area contributed by atoms with E-state index in [9.17, 15) is 22.8 Å². The van der Waals surface area contributed by atoms with Gasteiger partial charge in [-0.15, -0.1) is 0 Å². The van der Waals surface area contributed by atoms with Crippen LogP contribution in [0.4, 0.5) is 13.2 Å². The number of alkyl halides is 3. The standard InChI is InChI=1S/C15H9F3N2O2/c16-15(17,18)9-6-7-11-12(8-9)19-14(22)20(13(11)21)10-4-2-1-3-5-10/h1-8H,(H,19,22). The summed E-state index contributed by atoms with van der Waals surface area (Å²) in [4.78, 5) is 26.7. The molecule has 22 heavy (non-hydrogen) atoms. The Kier molecular flexibility index (Phi) is 3.13. The van der Waals surface area contributed by atoms with E-state index in [2.05, 4.69) is 4.98 Å². The predicted octanol–water partition coefficient (Wildman–Crippen LogP) is 2.70. The van der Waals surface area contributed by atoms with E-state index in [0.29, 0.717) is 5.69 Å². The summed E-state index contributed by atoms with van der Waals surface area (Å²) >= 11 is 0. The number of hydrogen-bond acceptors (Lipinski definition) is 2. The Balaban J connectivity index is 2.32. The summed E-state index contributed by atoms with van der Waals surface area (Å²) in [6, 6.07) is 10.8. The summed E-state index contributed by atoms with van der Waals surface area (Å²) in [6.07, 6.45) is -4.54. The third-order valence-corrected chi connectivity index (χ3v) is 3.24. The van der Waals surface area contributed by atoms with Gasteiger partial charge in [0.1, 0.15) is 0 Å². The first-order valence-corrected chi connectivity index (χ1v) is 6.29. The number of hydrogen-bond donors (Lipinski definition) is 1. The number of H-pyrrole nitrogens is 1. The highest BCUT2D eigenvalue weighted by Crippen LogP contribution is 2.30. The van der Waals surface area contributed by atoms with Crippen molar-refractivity contribution in [1.82, 2.24) is 9.55 Å². The Morgan fingerprint density at radius 1 is 0.955 bits per heavy atom. The monoisotopic (exact) mass is 306 g/mol. The topological polar surface area (TPSA) is 54.9 Å². The van der Waals surface area contributed by atoms with Gasteiger partial charge in [0.2, 0.25) is 0 Å². The second-order valence-corrected chi connectivity index (χ2v) is 4.66. The largest absolute Gasteiger partial charge is 0.416 e. The van der Waals surface area contributed by atoms with Crippen LogP contribution in [0, 0.1) is 0 Å². The van der Waals surface area contributed by atoms with Crippen molar-refractivity contribution < 1.29 is 13.2 Å². The summed E-state index contributed by atoms with van der Waals surface area (Å²) in [5.74, 6) is 0. The number of aromatic nitrogens is 2. The Bertz CT molecular complexity index is 956. The van der Waals surface area contributed by atoms with Gasteiger partial charge in [0, 0.05) is 0 Å². The van der Waals surface area contributed by atoms with Gasteiger partial charge in [0.25, 0.3) is 5.56 Å². The Hall–Kier alpha value is -2.83. The lowest BCUT2D eigenvalue weighted by Crippen LogP contribution is -2.33. The summed E-state index contributed by atoms with van der Waals surface area (Å²) < 4.78 is 38.9. The number of fused-ring (bicyclic) bond motifs is 1. The third kappa shape index (κ3) is 2.30. The summed E-state index contributed by atoms with van der Waals surface area (Å²) in [7, 11) is 0. The second kappa shape index (κ2) is 4.87. The molecular formula is C15H9F3N2O2. The van der Waals surface area contributed by atoms with Gasteiger partial charge in [-0.3, -0.25) is 4.79 Å². The van der Waals surface area contributed by atoms with Crippen LogP contribution in [0.1, 0.15) is 5.56 Å². The molecule has 3 aromatic rings. The lowest BCUT2D eigenvalue weighted by molar-refractivity contribution is -0.137. The van der Waals surface area contributed by atoms with Gasteiger partial charge in [-0.1, -0.05) is 18.2 Å². The van der Waals surface area contributed by atoms with Gasteiger partial charge in [-0.25, -0.2) is 9.36 Å². The smallest absolute Gasteiger partial charge is 0.306 e. The summed E-state index contributed by atoms with van der Waals surface area (Å²) in [6.45, 7) is 0. The number of benzene rings is 2. The average molecular weight is 306 g/mol. The van der Waals surface area contributed by atoms with Crippen LogP contribution in [0.5, 0.6) is 0 Å². The van der Waals surface area contributed by atoms with Gasteiger partial charge in [-0.2, -0.15) is 13.2 Å². The molecule has 1 aromatic heterocycles. The number of aromatic amines is 1. The fourth-order valence-electron chi connectivity index (χ4n) is 2.21. The lowest BCUT2D eigenvalue weighted by atomic mass is 10.1. The van der Waals surface area contributed by atoms with Gasteiger partial charge in [0.15, 0.2) is 0 Å². The molecule has 0 aliphatic rings. The van der Waals surface area contributed by atoms with Gasteiger partial charge >= 0.3 is 11.9 Å². The molecule has 0 saturated carbocycles. The highest BCUT2D eigenvalue weighted by molar-refractivity contribution is 5.78. The van der Waals surface area contributed by atoms with Crippen molar-refractivity contribution in [2.24, 2.45) is 0 Å². The van der Waals surface area contributed by atoms with Crippen LogP contribution < -0.4 is 11.2 Å². The van der Waals surface area contributed by atoms with Crippen LogP contribution in [0.3, 0.4) is 0 Å². The first-order chi connectivity index (χ1) is 10.4. The number of nitrogens with zero attached hydrogens (tertiary/aromatic N) is 1. The van der Waals surface area contributed by atoms with E-state index in [1.807, 2.05) is 0 Å². The minimum atomic E-state index is -4.54. The fraction of sp³-hybridized carbons (Fsp3) is 0.0667. The lowest BCUT2D eigenvalue weighted by Gasteiger charge is -2.09. The molecule has 3 rings (SSSR count). The van der Waals surface area contributed by atoms with Crippen molar-refractivity contribution in [2.75, 3.05) is 0 Å². The molecule has 2 aromatic carbocycles. The van der Waals surface area contributed by atoms with Crippen LogP contribution >= 0.6 is 0 Å². The quantitative estimate of drug-likeness (QED) is 0.751. The molecule has 0 bridgehead atoms. The summed E-state index contributed by atoms with van der Waals surface area (Å²) in [5.41, 5.74) is -2.18. The molecule has 0 unspecified atom stereocenters. The predicted molar refractivity (Wildman–Crippen MR) is 75.2 cm³/mol. The van der Waals surface area contributed by atoms with Crippen LogP contribution in [-0.4, -0.2) is 9.55 Å². The molecule has 1 N–H and O–H groups in total. The Morgan fingerprint density at radius 3 is 2.27 bits per heavy atom. The minimum absolute atomic E-state index is 0.0106. The first-order valence-electron chi connectivity index (χ1n) is 6.29. The van der Waals surface area contributed by atoms with E-state index in [4.69, 9.17) is 0 Å². The van der Waals surface area contributed by atoms with Crippen molar-refractivity contribution >= 4 is 10.9 Å². The normalized spacial score (nSPS) is 11.8. The molecule has 7 heteroatoms. The van der Waals surface area contributed by atoms with Gasteiger partial charge < -0.3 is 4.98 Å². The maximum atomic E-state index is 12.7. The molecule has 0 amide bonds. The van der Waals surface area contributed by atoms with Crippen molar-refractivity contribution in [2.45, 2.75) is 6.18 Å². The average Bonchev–Trinajstić information content (AvgIpc) is 2.47. The highest BCUT2D eigenvalue weighted by atomic mass is 19.4. The number of para-hydroxylation sites is 1. The molecule has 112 valence electrons. The van der Waals surface area contributed by atoms with Gasteiger partial charge in [0.05, 0.1) is 22.2 Å². The second-order valence-electron chi connectivity index (χ2n) is 4.66. The molecule has 1 heterocycles. The van der Waals surface area contributed by atoms with Gasteiger partial charge in [-0.05, 0) is 30.3 Å². The Morgan fingerprint density at radius 2 is 1.64 bits per heavy atom. The van der Waals surface area contributed by atoms with Crippen molar-refractivity contribution in [3.8, 4) is 5.69 Å². The zero-order valence-electron chi connectivity index (χ0n) is 11.0. The van der Waals surface area contributed by atoms with E-state index >= 15 is 0 Å². The number of halogens is 3. The molecular weight excluding hydrogens is 297 g/mol. The van der Waals surface area contributed by atoms with Crippen molar-refractivity contribution in [1.29, 1.82) is 0 Å². The SMILES string of the molecule is O=c1[nH]c2cc(C(F)(F)F)ccc2c(=O)n1-c1ccccc1.